The minimum atomic E-state index is -0.596. The number of urea groups is 1. The van der Waals surface area contributed by atoms with Crippen molar-refractivity contribution in [1.82, 2.24) is 9.88 Å². The van der Waals surface area contributed by atoms with Gasteiger partial charge in [0.05, 0.1) is 13.7 Å². The second-order valence-corrected chi connectivity index (χ2v) is 7.18. The van der Waals surface area contributed by atoms with E-state index >= 15 is 0 Å². The molecule has 1 aromatic carbocycles. The number of benzene rings is 1. The average molecular weight is 380 g/mol. The summed E-state index contributed by atoms with van der Waals surface area (Å²) < 4.78 is 9.90. The Kier molecular flexibility index (Phi) is 5.92. The molecule has 0 spiro atoms. The van der Waals surface area contributed by atoms with Crippen molar-refractivity contribution in [3.05, 3.63) is 46.6 Å². The summed E-state index contributed by atoms with van der Waals surface area (Å²) in [7, 11) is 1.26. The number of anilines is 1. The summed E-state index contributed by atoms with van der Waals surface area (Å²) in [5.41, 5.74) is 1.05. The molecule has 1 heterocycles. The van der Waals surface area contributed by atoms with E-state index in [0.29, 0.717) is 10.7 Å². The molecule has 2 amide bonds. The van der Waals surface area contributed by atoms with E-state index in [1.165, 1.54) is 13.4 Å². The van der Waals surface area contributed by atoms with Crippen LogP contribution in [0.2, 0.25) is 5.02 Å². The Bertz CT molecular complexity index is 811. The van der Waals surface area contributed by atoms with Crippen molar-refractivity contribution in [1.29, 1.82) is 0 Å². The van der Waals surface area contributed by atoms with E-state index in [9.17, 15) is 9.59 Å². The smallest absolute Gasteiger partial charge is 0.360 e. The van der Waals surface area contributed by atoms with Gasteiger partial charge in [-0.3, -0.25) is 0 Å². The van der Waals surface area contributed by atoms with Crippen LogP contribution >= 0.6 is 11.6 Å². The number of amides is 2. The van der Waals surface area contributed by atoms with E-state index < -0.39 is 11.5 Å². The lowest BCUT2D eigenvalue weighted by Gasteiger charge is -2.34. The number of halogens is 1. The maximum absolute atomic E-state index is 12.8. The van der Waals surface area contributed by atoms with Gasteiger partial charge in [-0.15, -0.1) is 0 Å². The van der Waals surface area contributed by atoms with Crippen molar-refractivity contribution < 1.29 is 18.7 Å². The van der Waals surface area contributed by atoms with Gasteiger partial charge in [0.15, 0.2) is 5.69 Å². The van der Waals surface area contributed by atoms with Crippen molar-refractivity contribution in [2.24, 2.45) is 0 Å². The number of carbonyl (C=O) groups excluding carboxylic acids is 2. The number of aromatic nitrogens is 1. The SMILES string of the molecule is COC(=O)c1coc(CN(C(=O)Nc2ccc(C)c(Cl)c2)C(C)(C)C)n1. The summed E-state index contributed by atoms with van der Waals surface area (Å²) in [4.78, 5) is 29.9. The monoisotopic (exact) mass is 379 g/mol. The fourth-order valence-electron chi connectivity index (χ4n) is 2.19. The highest BCUT2D eigenvalue weighted by atomic mass is 35.5. The number of hydrogen-bond acceptors (Lipinski definition) is 5. The lowest BCUT2D eigenvalue weighted by molar-refractivity contribution is 0.0594. The Hall–Kier alpha value is -2.54. The number of oxazole rings is 1. The summed E-state index contributed by atoms with van der Waals surface area (Å²) >= 11 is 6.11. The summed E-state index contributed by atoms with van der Waals surface area (Å²) in [6.07, 6.45) is 1.21. The number of nitrogens with zero attached hydrogens (tertiary/aromatic N) is 2. The van der Waals surface area contributed by atoms with Crippen molar-refractivity contribution in [2.45, 2.75) is 39.8 Å². The van der Waals surface area contributed by atoms with Gasteiger partial charge in [0.25, 0.3) is 0 Å². The molecule has 0 aliphatic carbocycles. The third-order valence-corrected chi connectivity index (χ3v) is 4.12. The fraction of sp³-hybridized carbons (Fsp3) is 0.389. The number of nitrogens with one attached hydrogen (secondary N) is 1. The molecule has 26 heavy (non-hydrogen) atoms. The molecule has 0 saturated carbocycles. The summed E-state index contributed by atoms with van der Waals surface area (Å²) in [6, 6.07) is 4.96. The highest BCUT2D eigenvalue weighted by Crippen LogP contribution is 2.23. The Balaban J connectivity index is 2.18. The first-order valence-electron chi connectivity index (χ1n) is 7.99. The average Bonchev–Trinajstić information content (AvgIpc) is 3.03. The number of esters is 1. The van der Waals surface area contributed by atoms with Crippen molar-refractivity contribution in [3.8, 4) is 0 Å². The minimum Gasteiger partial charge on any atom is -0.464 e. The van der Waals surface area contributed by atoms with Gasteiger partial charge < -0.3 is 19.4 Å². The van der Waals surface area contributed by atoms with Crippen LogP contribution in [0.25, 0.3) is 0 Å². The first kappa shape index (κ1) is 19.8. The lowest BCUT2D eigenvalue weighted by Crippen LogP contribution is -2.47. The van der Waals surface area contributed by atoms with Crippen LogP contribution in [-0.4, -0.2) is 34.5 Å². The molecule has 0 bridgehead atoms. The van der Waals surface area contributed by atoms with Gasteiger partial charge in [0.1, 0.15) is 6.26 Å². The molecule has 0 saturated heterocycles. The van der Waals surface area contributed by atoms with Crippen molar-refractivity contribution in [3.63, 3.8) is 0 Å². The fourth-order valence-corrected chi connectivity index (χ4v) is 2.37. The van der Waals surface area contributed by atoms with Crippen LogP contribution in [0.4, 0.5) is 10.5 Å². The molecular weight excluding hydrogens is 358 g/mol. The molecule has 1 N–H and O–H groups in total. The zero-order chi connectivity index (χ0) is 19.5. The van der Waals surface area contributed by atoms with Crippen LogP contribution in [-0.2, 0) is 11.3 Å². The second-order valence-electron chi connectivity index (χ2n) is 6.77. The van der Waals surface area contributed by atoms with Crippen LogP contribution in [0.5, 0.6) is 0 Å². The van der Waals surface area contributed by atoms with Crippen LogP contribution in [0.15, 0.2) is 28.9 Å². The van der Waals surface area contributed by atoms with Gasteiger partial charge >= 0.3 is 12.0 Å². The molecule has 8 heteroatoms. The highest BCUT2D eigenvalue weighted by molar-refractivity contribution is 6.31. The highest BCUT2D eigenvalue weighted by Gasteiger charge is 2.29. The maximum atomic E-state index is 12.8. The predicted octanol–water partition coefficient (Wildman–Crippen LogP) is 4.26. The van der Waals surface area contributed by atoms with Crippen LogP contribution in [0, 0.1) is 6.92 Å². The third kappa shape index (κ3) is 4.76. The van der Waals surface area contributed by atoms with Gasteiger partial charge in [0.2, 0.25) is 5.89 Å². The number of aryl methyl sites for hydroxylation is 1. The van der Waals surface area contributed by atoms with E-state index in [0.717, 1.165) is 5.56 Å². The topological polar surface area (TPSA) is 84.7 Å². The molecule has 0 unspecified atom stereocenters. The number of hydrogen-bond donors (Lipinski definition) is 1. The first-order valence-corrected chi connectivity index (χ1v) is 8.37. The lowest BCUT2D eigenvalue weighted by atomic mass is 10.1. The number of rotatable bonds is 4. The van der Waals surface area contributed by atoms with Gasteiger partial charge in [-0.25, -0.2) is 14.6 Å². The van der Waals surface area contributed by atoms with Gasteiger partial charge in [-0.2, -0.15) is 0 Å². The van der Waals surface area contributed by atoms with Gasteiger partial charge in [0, 0.05) is 16.2 Å². The van der Waals surface area contributed by atoms with Gasteiger partial charge in [-0.05, 0) is 45.4 Å². The third-order valence-electron chi connectivity index (χ3n) is 3.72. The Labute approximate surface area is 157 Å². The minimum absolute atomic E-state index is 0.0575. The van der Waals surface area contributed by atoms with E-state index in [2.05, 4.69) is 15.0 Å². The molecule has 7 nitrogen and oxygen atoms in total. The zero-order valence-corrected chi connectivity index (χ0v) is 16.2. The predicted molar refractivity (Wildman–Crippen MR) is 98.3 cm³/mol. The molecule has 140 valence electrons. The molecule has 2 aromatic rings. The number of ether oxygens (including phenoxy) is 1. The van der Waals surface area contributed by atoms with Crippen LogP contribution < -0.4 is 5.32 Å². The molecule has 0 fully saturated rings. The molecule has 0 atom stereocenters. The zero-order valence-electron chi connectivity index (χ0n) is 15.4. The maximum Gasteiger partial charge on any atom is 0.360 e. The summed E-state index contributed by atoms with van der Waals surface area (Å²) in [5.74, 6) is -0.363. The van der Waals surface area contributed by atoms with E-state index in [4.69, 9.17) is 16.0 Å². The number of methoxy groups -OCH3 is 1. The van der Waals surface area contributed by atoms with Crippen molar-refractivity contribution >= 4 is 29.3 Å². The molecule has 0 radical (unpaired) electrons. The second kappa shape index (κ2) is 7.78. The Morgan fingerprint density at radius 1 is 1.35 bits per heavy atom. The molecule has 0 aliphatic heterocycles. The molecular formula is C18H22ClN3O4. The van der Waals surface area contributed by atoms with E-state index in [-0.39, 0.29) is 24.2 Å². The standard InChI is InChI=1S/C18H22ClN3O4/c1-11-6-7-12(8-13(11)19)20-17(24)22(18(2,3)4)9-15-21-14(10-26-15)16(23)25-5/h6-8,10H,9H2,1-5H3,(H,20,24). The number of carbonyl (C=O) groups is 2. The summed E-state index contributed by atoms with van der Waals surface area (Å²) in [6.45, 7) is 7.64. The van der Waals surface area contributed by atoms with Crippen molar-refractivity contribution in [2.75, 3.05) is 12.4 Å². The van der Waals surface area contributed by atoms with Crippen LogP contribution in [0.1, 0.15) is 42.7 Å². The quantitative estimate of drug-likeness (QED) is 0.802. The Morgan fingerprint density at radius 3 is 2.62 bits per heavy atom. The normalized spacial score (nSPS) is 11.2. The Morgan fingerprint density at radius 2 is 2.04 bits per heavy atom. The van der Waals surface area contributed by atoms with Crippen LogP contribution in [0.3, 0.4) is 0 Å². The molecule has 1 aromatic heterocycles. The van der Waals surface area contributed by atoms with Gasteiger partial charge in [-0.1, -0.05) is 17.7 Å². The molecule has 0 aliphatic rings. The van der Waals surface area contributed by atoms with E-state index in [1.807, 2.05) is 33.8 Å². The first-order chi connectivity index (χ1) is 12.1. The summed E-state index contributed by atoms with van der Waals surface area (Å²) in [5, 5.41) is 3.39. The largest absolute Gasteiger partial charge is 0.464 e. The molecule has 2 rings (SSSR count). The van der Waals surface area contributed by atoms with E-state index in [1.54, 1.807) is 17.0 Å².